The van der Waals surface area contributed by atoms with Gasteiger partial charge in [-0.3, -0.25) is 0 Å². The molecule has 0 atom stereocenters. The molecule has 0 saturated heterocycles. The fourth-order valence-electron chi connectivity index (χ4n) is 1.94. The lowest BCUT2D eigenvalue weighted by atomic mass is 10.3. The smallest absolute Gasteiger partial charge is 0.226 e. The Labute approximate surface area is 113 Å². The molecule has 7 nitrogen and oxygen atoms in total. The zero-order valence-corrected chi connectivity index (χ0v) is 11.9. The number of nitrogens with zero attached hydrogens (tertiary/aromatic N) is 5. The van der Waals surface area contributed by atoms with Gasteiger partial charge in [0.1, 0.15) is 5.52 Å². The summed E-state index contributed by atoms with van der Waals surface area (Å²) in [5, 5.41) is 2.97. The molecule has 19 heavy (non-hydrogen) atoms. The quantitative estimate of drug-likeness (QED) is 0.802. The van der Waals surface area contributed by atoms with Crippen molar-refractivity contribution in [2.45, 2.75) is 6.42 Å². The lowest BCUT2D eigenvalue weighted by molar-refractivity contribution is 0.401. The molecule has 0 radical (unpaired) electrons. The summed E-state index contributed by atoms with van der Waals surface area (Å²) in [6.07, 6.45) is 2.73. The van der Waals surface area contributed by atoms with Crippen molar-refractivity contribution < 1.29 is 0 Å². The van der Waals surface area contributed by atoms with Gasteiger partial charge in [0, 0.05) is 20.6 Å². The SMILES string of the molecule is CNc1nc(N(C)CCCN(C)C)c2[nH]cnc2n1. The molecule has 2 heterocycles. The van der Waals surface area contributed by atoms with E-state index in [0.29, 0.717) is 11.6 Å². The highest BCUT2D eigenvalue weighted by Crippen LogP contribution is 2.21. The van der Waals surface area contributed by atoms with Gasteiger partial charge in [0.2, 0.25) is 5.95 Å². The molecule has 0 bridgehead atoms. The van der Waals surface area contributed by atoms with Crippen LogP contribution in [-0.2, 0) is 0 Å². The Kier molecular flexibility index (Phi) is 4.16. The summed E-state index contributed by atoms with van der Waals surface area (Å²) in [4.78, 5) is 20.4. The average molecular weight is 263 g/mol. The van der Waals surface area contributed by atoms with Gasteiger partial charge in [0.15, 0.2) is 11.5 Å². The predicted octanol–water partition coefficient (Wildman–Crippen LogP) is 0.782. The van der Waals surface area contributed by atoms with Gasteiger partial charge in [-0.15, -0.1) is 0 Å². The third-order valence-corrected chi connectivity index (χ3v) is 2.95. The van der Waals surface area contributed by atoms with Crippen molar-refractivity contribution in [3.63, 3.8) is 0 Å². The number of aromatic nitrogens is 4. The Balaban J connectivity index is 2.19. The van der Waals surface area contributed by atoms with Crippen LogP contribution in [0.2, 0.25) is 0 Å². The second-order valence-corrected chi connectivity index (χ2v) is 4.80. The van der Waals surface area contributed by atoms with E-state index in [9.17, 15) is 0 Å². The number of rotatable bonds is 6. The number of anilines is 2. The molecule has 0 unspecified atom stereocenters. The largest absolute Gasteiger partial charge is 0.358 e. The Morgan fingerprint density at radius 3 is 2.68 bits per heavy atom. The lowest BCUT2D eigenvalue weighted by Gasteiger charge is -2.20. The topological polar surface area (TPSA) is 73.0 Å². The van der Waals surface area contributed by atoms with Gasteiger partial charge in [-0.25, -0.2) is 4.98 Å². The van der Waals surface area contributed by atoms with Crippen LogP contribution in [0.1, 0.15) is 6.42 Å². The summed E-state index contributed by atoms with van der Waals surface area (Å²) < 4.78 is 0. The Bertz CT molecular complexity index is 534. The van der Waals surface area contributed by atoms with Gasteiger partial charge in [-0.1, -0.05) is 0 Å². The maximum Gasteiger partial charge on any atom is 0.226 e. The molecular weight excluding hydrogens is 242 g/mol. The predicted molar refractivity (Wildman–Crippen MR) is 77.7 cm³/mol. The van der Waals surface area contributed by atoms with Crippen LogP contribution in [0.5, 0.6) is 0 Å². The fraction of sp³-hybridized carbons (Fsp3) is 0.583. The van der Waals surface area contributed by atoms with Crippen molar-refractivity contribution in [3.8, 4) is 0 Å². The number of imidazole rings is 1. The highest BCUT2D eigenvalue weighted by molar-refractivity contribution is 5.84. The first-order valence-corrected chi connectivity index (χ1v) is 6.36. The van der Waals surface area contributed by atoms with E-state index >= 15 is 0 Å². The van der Waals surface area contributed by atoms with Gasteiger partial charge >= 0.3 is 0 Å². The van der Waals surface area contributed by atoms with E-state index in [4.69, 9.17) is 0 Å². The standard InChI is InChI=1S/C12H21N7/c1-13-12-16-10-9(14-8-15-10)11(17-12)19(4)7-5-6-18(2)3/h8H,5-7H2,1-4H3,(H2,13,14,15,16,17). The van der Waals surface area contributed by atoms with Crippen LogP contribution in [0.15, 0.2) is 6.33 Å². The van der Waals surface area contributed by atoms with Crippen molar-refractivity contribution in [1.82, 2.24) is 24.8 Å². The summed E-state index contributed by atoms with van der Waals surface area (Å²) >= 11 is 0. The molecule has 0 aromatic carbocycles. The number of hydrogen-bond donors (Lipinski definition) is 2. The third kappa shape index (κ3) is 3.11. The number of nitrogens with one attached hydrogen (secondary N) is 2. The molecule has 7 heteroatoms. The van der Waals surface area contributed by atoms with E-state index in [1.165, 1.54) is 0 Å². The van der Waals surface area contributed by atoms with Crippen molar-refractivity contribution in [3.05, 3.63) is 6.33 Å². The highest BCUT2D eigenvalue weighted by atomic mass is 15.2. The number of hydrogen-bond acceptors (Lipinski definition) is 6. The summed E-state index contributed by atoms with van der Waals surface area (Å²) in [5.41, 5.74) is 1.57. The molecule has 0 fully saturated rings. The van der Waals surface area contributed by atoms with Crippen LogP contribution in [0.3, 0.4) is 0 Å². The van der Waals surface area contributed by atoms with Crippen LogP contribution < -0.4 is 10.2 Å². The number of aromatic amines is 1. The van der Waals surface area contributed by atoms with Gasteiger partial charge < -0.3 is 20.1 Å². The first-order chi connectivity index (χ1) is 9.11. The summed E-state index contributed by atoms with van der Waals surface area (Å²) in [7, 11) is 8.01. The molecule has 2 rings (SSSR count). The molecule has 0 saturated carbocycles. The van der Waals surface area contributed by atoms with E-state index < -0.39 is 0 Å². The molecule has 2 aromatic heterocycles. The van der Waals surface area contributed by atoms with Crippen molar-refractivity contribution in [1.29, 1.82) is 0 Å². The molecule has 0 spiro atoms. The van der Waals surface area contributed by atoms with Gasteiger partial charge in [-0.2, -0.15) is 9.97 Å². The molecular formula is C12H21N7. The van der Waals surface area contributed by atoms with Crippen molar-refractivity contribution in [2.75, 3.05) is 51.5 Å². The third-order valence-electron chi connectivity index (χ3n) is 2.95. The van der Waals surface area contributed by atoms with E-state index in [2.05, 4.69) is 49.1 Å². The Morgan fingerprint density at radius 1 is 1.21 bits per heavy atom. The molecule has 104 valence electrons. The maximum atomic E-state index is 4.51. The first kappa shape index (κ1) is 13.5. The summed E-state index contributed by atoms with van der Waals surface area (Å²) in [6.45, 7) is 1.99. The Morgan fingerprint density at radius 2 is 2.00 bits per heavy atom. The second kappa shape index (κ2) is 5.83. The van der Waals surface area contributed by atoms with E-state index in [-0.39, 0.29) is 0 Å². The zero-order valence-electron chi connectivity index (χ0n) is 11.9. The van der Waals surface area contributed by atoms with Gasteiger partial charge in [-0.05, 0) is 27.1 Å². The minimum atomic E-state index is 0.592. The number of fused-ring (bicyclic) bond motifs is 1. The minimum absolute atomic E-state index is 0.592. The fourth-order valence-corrected chi connectivity index (χ4v) is 1.94. The highest BCUT2D eigenvalue weighted by Gasteiger charge is 2.12. The minimum Gasteiger partial charge on any atom is -0.358 e. The molecule has 0 aliphatic heterocycles. The molecule has 2 N–H and O–H groups in total. The lowest BCUT2D eigenvalue weighted by Crippen LogP contribution is -2.24. The van der Waals surface area contributed by atoms with Crippen molar-refractivity contribution >= 4 is 22.9 Å². The van der Waals surface area contributed by atoms with Crippen LogP contribution >= 0.6 is 0 Å². The monoisotopic (exact) mass is 263 g/mol. The molecule has 0 aliphatic rings. The van der Waals surface area contributed by atoms with E-state index in [0.717, 1.165) is 30.8 Å². The molecule has 0 amide bonds. The van der Waals surface area contributed by atoms with Crippen LogP contribution in [0, 0.1) is 0 Å². The van der Waals surface area contributed by atoms with E-state index in [1.54, 1.807) is 6.33 Å². The van der Waals surface area contributed by atoms with Crippen molar-refractivity contribution in [2.24, 2.45) is 0 Å². The maximum absolute atomic E-state index is 4.51. The molecule has 2 aromatic rings. The number of H-pyrrole nitrogens is 1. The second-order valence-electron chi connectivity index (χ2n) is 4.80. The van der Waals surface area contributed by atoms with Crippen LogP contribution in [0.4, 0.5) is 11.8 Å². The van der Waals surface area contributed by atoms with Gasteiger partial charge in [0.25, 0.3) is 0 Å². The Hall–Kier alpha value is -1.89. The van der Waals surface area contributed by atoms with E-state index in [1.807, 2.05) is 14.1 Å². The zero-order chi connectivity index (χ0) is 13.8. The summed E-state index contributed by atoms with van der Waals surface area (Å²) in [5.74, 6) is 1.47. The van der Waals surface area contributed by atoms with Crippen LogP contribution in [-0.4, -0.2) is 66.1 Å². The summed E-state index contributed by atoms with van der Waals surface area (Å²) in [6, 6.07) is 0. The van der Waals surface area contributed by atoms with Crippen LogP contribution in [0.25, 0.3) is 11.2 Å². The molecule has 0 aliphatic carbocycles. The van der Waals surface area contributed by atoms with Gasteiger partial charge in [0.05, 0.1) is 6.33 Å². The normalized spacial score (nSPS) is 11.2. The first-order valence-electron chi connectivity index (χ1n) is 6.36. The average Bonchev–Trinajstić information content (AvgIpc) is 2.84.